The molecule has 1 saturated carbocycles. The Bertz CT molecular complexity index is 610. The number of benzene rings is 1. The van der Waals surface area contributed by atoms with Gasteiger partial charge in [0.25, 0.3) is 0 Å². The Morgan fingerprint density at radius 1 is 1.07 bits per heavy atom. The van der Waals surface area contributed by atoms with Crippen molar-refractivity contribution in [3.63, 3.8) is 0 Å². The zero-order valence-electron chi connectivity index (χ0n) is 18.2. The SMILES string of the molecule is CCCCCCC=C[C@H]1CC[C@@](O)(c2ccccc2)[C@@H]1CCCCCCC(=O)O. The summed E-state index contributed by atoms with van der Waals surface area (Å²) in [6.07, 6.45) is 18.0. The molecule has 1 aromatic carbocycles. The zero-order valence-corrected chi connectivity index (χ0v) is 18.2. The lowest BCUT2D eigenvalue weighted by Crippen LogP contribution is -2.32. The van der Waals surface area contributed by atoms with Crippen molar-refractivity contribution in [2.75, 3.05) is 0 Å². The predicted octanol–water partition coefficient (Wildman–Crippen LogP) is 6.85. The Labute approximate surface area is 177 Å². The van der Waals surface area contributed by atoms with Crippen molar-refractivity contribution < 1.29 is 15.0 Å². The van der Waals surface area contributed by atoms with Crippen LogP contribution in [-0.4, -0.2) is 16.2 Å². The lowest BCUT2D eigenvalue weighted by molar-refractivity contribution is -0.137. The van der Waals surface area contributed by atoms with E-state index in [4.69, 9.17) is 5.11 Å². The van der Waals surface area contributed by atoms with Crippen LogP contribution in [0.4, 0.5) is 0 Å². The van der Waals surface area contributed by atoms with Crippen molar-refractivity contribution in [1.82, 2.24) is 0 Å². The summed E-state index contributed by atoms with van der Waals surface area (Å²) < 4.78 is 0. The van der Waals surface area contributed by atoms with Gasteiger partial charge >= 0.3 is 5.97 Å². The quantitative estimate of drug-likeness (QED) is 0.265. The molecule has 0 unspecified atom stereocenters. The minimum Gasteiger partial charge on any atom is -0.481 e. The Balaban J connectivity index is 1.94. The van der Waals surface area contributed by atoms with E-state index in [1.165, 1.54) is 25.7 Å². The second-order valence-electron chi connectivity index (χ2n) is 8.72. The van der Waals surface area contributed by atoms with Gasteiger partial charge in [0, 0.05) is 6.42 Å². The second-order valence-corrected chi connectivity index (χ2v) is 8.72. The lowest BCUT2D eigenvalue weighted by atomic mass is 9.77. The summed E-state index contributed by atoms with van der Waals surface area (Å²) in [5.41, 5.74) is 0.314. The highest BCUT2D eigenvalue weighted by Gasteiger charge is 2.46. The molecule has 1 fully saturated rings. The first kappa shape index (κ1) is 23.7. The van der Waals surface area contributed by atoms with Gasteiger partial charge in [-0.2, -0.15) is 0 Å². The summed E-state index contributed by atoms with van der Waals surface area (Å²) in [5, 5.41) is 20.4. The number of carboxylic acid groups (broad SMARTS) is 1. The standard InChI is InChI=1S/C26H40O3/c1-2-3-4-5-6-10-15-22-20-21-26(29,23-16-11-9-12-17-23)24(22)18-13-7-8-14-19-25(27)28/h9-12,15-17,22,24,29H,2-8,13-14,18-21H2,1H3,(H,27,28)/t22-,24+,26+/m0/s1. The smallest absolute Gasteiger partial charge is 0.303 e. The summed E-state index contributed by atoms with van der Waals surface area (Å²) in [7, 11) is 0. The van der Waals surface area contributed by atoms with Crippen molar-refractivity contribution in [1.29, 1.82) is 0 Å². The minimum atomic E-state index is -0.737. The van der Waals surface area contributed by atoms with Crippen LogP contribution < -0.4 is 0 Å². The van der Waals surface area contributed by atoms with E-state index in [2.05, 4.69) is 31.2 Å². The number of carbonyl (C=O) groups is 1. The topological polar surface area (TPSA) is 57.5 Å². The molecule has 0 bridgehead atoms. The van der Waals surface area contributed by atoms with Gasteiger partial charge < -0.3 is 10.2 Å². The highest BCUT2D eigenvalue weighted by Crippen LogP contribution is 2.50. The summed E-state index contributed by atoms with van der Waals surface area (Å²) >= 11 is 0. The Morgan fingerprint density at radius 3 is 2.52 bits per heavy atom. The number of carboxylic acids is 1. The maximum absolute atomic E-state index is 11.6. The fourth-order valence-electron chi connectivity index (χ4n) is 4.85. The van der Waals surface area contributed by atoms with E-state index < -0.39 is 11.6 Å². The van der Waals surface area contributed by atoms with Crippen LogP contribution in [0, 0.1) is 11.8 Å². The van der Waals surface area contributed by atoms with Gasteiger partial charge in [-0.25, -0.2) is 0 Å². The molecule has 29 heavy (non-hydrogen) atoms. The van der Waals surface area contributed by atoms with Gasteiger partial charge in [0.15, 0.2) is 0 Å². The molecule has 1 aliphatic carbocycles. The molecule has 0 heterocycles. The fraction of sp³-hybridized carbons (Fsp3) is 0.654. The average Bonchev–Trinajstić information content (AvgIpc) is 3.04. The zero-order chi connectivity index (χ0) is 21.0. The van der Waals surface area contributed by atoms with Crippen molar-refractivity contribution in [2.24, 2.45) is 11.8 Å². The highest BCUT2D eigenvalue weighted by atomic mass is 16.4. The van der Waals surface area contributed by atoms with Crippen molar-refractivity contribution in [3.05, 3.63) is 48.0 Å². The normalized spacial score (nSPS) is 24.3. The van der Waals surface area contributed by atoms with Crippen LogP contribution in [0.5, 0.6) is 0 Å². The van der Waals surface area contributed by atoms with Gasteiger partial charge in [0.2, 0.25) is 0 Å². The molecule has 0 saturated heterocycles. The Morgan fingerprint density at radius 2 is 1.79 bits per heavy atom. The summed E-state index contributed by atoms with van der Waals surface area (Å²) in [6, 6.07) is 10.2. The highest BCUT2D eigenvalue weighted by molar-refractivity contribution is 5.66. The molecule has 1 aliphatic rings. The number of hydrogen-bond donors (Lipinski definition) is 2. The third kappa shape index (κ3) is 7.62. The van der Waals surface area contributed by atoms with E-state index in [-0.39, 0.29) is 12.3 Å². The van der Waals surface area contributed by atoms with Gasteiger partial charge in [-0.15, -0.1) is 0 Å². The molecule has 3 nitrogen and oxygen atoms in total. The van der Waals surface area contributed by atoms with E-state index in [1.807, 2.05) is 18.2 Å². The first-order chi connectivity index (χ1) is 14.1. The van der Waals surface area contributed by atoms with E-state index in [9.17, 15) is 9.90 Å². The van der Waals surface area contributed by atoms with E-state index in [1.54, 1.807) is 0 Å². The molecule has 0 aliphatic heterocycles. The molecule has 0 radical (unpaired) electrons. The summed E-state index contributed by atoms with van der Waals surface area (Å²) in [4.78, 5) is 10.7. The molecule has 162 valence electrons. The number of rotatable bonds is 14. The maximum atomic E-state index is 11.6. The van der Waals surface area contributed by atoms with Gasteiger partial charge in [0.1, 0.15) is 0 Å². The van der Waals surface area contributed by atoms with Crippen LogP contribution in [0.25, 0.3) is 0 Å². The molecule has 0 amide bonds. The fourth-order valence-corrected chi connectivity index (χ4v) is 4.85. The monoisotopic (exact) mass is 400 g/mol. The third-order valence-electron chi connectivity index (χ3n) is 6.53. The first-order valence-electron chi connectivity index (χ1n) is 11.7. The molecule has 3 heteroatoms. The van der Waals surface area contributed by atoms with Crippen molar-refractivity contribution >= 4 is 5.97 Å². The number of aliphatic hydroxyl groups is 1. The molecule has 2 N–H and O–H groups in total. The molecule has 2 rings (SSSR count). The predicted molar refractivity (Wildman–Crippen MR) is 120 cm³/mol. The number of unbranched alkanes of at least 4 members (excludes halogenated alkanes) is 7. The minimum absolute atomic E-state index is 0.247. The second kappa shape index (κ2) is 12.8. The average molecular weight is 401 g/mol. The molecule has 0 aromatic heterocycles. The number of hydrogen-bond acceptors (Lipinski definition) is 2. The first-order valence-corrected chi connectivity index (χ1v) is 11.7. The van der Waals surface area contributed by atoms with Gasteiger partial charge in [-0.3, -0.25) is 4.79 Å². The molecular weight excluding hydrogens is 360 g/mol. The summed E-state index contributed by atoms with van der Waals surface area (Å²) in [6.45, 7) is 2.24. The van der Waals surface area contributed by atoms with Crippen LogP contribution in [0.2, 0.25) is 0 Å². The van der Waals surface area contributed by atoms with Gasteiger partial charge in [-0.1, -0.05) is 87.9 Å². The maximum Gasteiger partial charge on any atom is 0.303 e. The largest absolute Gasteiger partial charge is 0.481 e. The van der Waals surface area contributed by atoms with Crippen LogP contribution >= 0.6 is 0 Å². The van der Waals surface area contributed by atoms with Crippen LogP contribution in [0.3, 0.4) is 0 Å². The Kier molecular flexibility index (Phi) is 10.5. The lowest BCUT2D eigenvalue weighted by Gasteiger charge is -2.33. The van der Waals surface area contributed by atoms with Crippen LogP contribution in [-0.2, 0) is 10.4 Å². The van der Waals surface area contributed by atoms with Crippen molar-refractivity contribution in [3.8, 4) is 0 Å². The van der Waals surface area contributed by atoms with Crippen LogP contribution in [0.15, 0.2) is 42.5 Å². The molecule has 3 atom stereocenters. The van der Waals surface area contributed by atoms with Crippen molar-refractivity contribution in [2.45, 2.75) is 96.0 Å². The Hall–Kier alpha value is -1.61. The van der Waals surface area contributed by atoms with Gasteiger partial charge in [0.05, 0.1) is 5.60 Å². The number of aliphatic carboxylic acids is 1. The van der Waals surface area contributed by atoms with E-state index >= 15 is 0 Å². The molecule has 0 spiro atoms. The third-order valence-corrected chi connectivity index (χ3v) is 6.53. The summed E-state index contributed by atoms with van der Waals surface area (Å²) in [5.74, 6) is -0.0231. The number of allylic oxidation sites excluding steroid dienone is 2. The van der Waals surface area contributed by atoms with E-state index in [0.717, 1.165) is 56.9 Å². The molecular formula is C26H40O3. The van der Waals surface area contributed by atoms with Gasteiger partial charge in [-0.05, 0) is 55.9 Å². The van der Waals surface area contributed by atoms with Crippen LogP contribution in [0.1, 0.15) is 96.0 Å². The molecule has 1 aromatic rings. The van der Waals surface area contributed by atoms with E-state index in [0.29, 0.717) is 5.92 Å².